The Labute approximate surface area is 103 Å². The van der Waals surface area contributed by atoms with Crippen LogP contribution in [0.1, 0.15) is 40.4 Å². The maximum Gasteiger partial charge on any atom is 0.160 e. The largest absolute Gasteiger partial charge is 0.327 e. The van der Waals surface area contributed by atoms with E-state index in [9.17, 15) is 4.79 Å². The highest BCUT2D eigenvalue weighted by Crippen LogP contribution is 2.24. The van der Waals surface area contributed by atoms with Crippen molar-refractivity contribution < 1.29 is 4.79 Å². The van der Waals surface area contributed by atoms with E-state index in [1.807, 2.05) is 13.0 Å². The van der Waals surface area contributed by atoms with Gasteiger partial charge in [-0.2, -0.15) is 0 Å². The number of halogens is 1. The predicted octanol–water partition coefficient (Wildman–Crippen LogP) is 2.44. The second-order valence-corrected chi connectivity index (χ2v) is 4.49. The molecule has 0 fully saturated rings. The molecule has 1 aromatic carbocycles. The van der Waals surface area contributed by atoms with E-state index in [1.165, 1.54) is 11.1 Å². The van der Waals surface area contributed by atoms with Gasteiger partial charge in [0.25, 0.3) is 0 Å². The van der Waals surface area contributed by atoms with E-state index in [-0.39, 0.29) is 24.2 Å². The molecule has 0 unspecified atom stereocenters. The molecule has 0 radical (unpaired) electrons. The van der Waals surface area contributed by atoms with Crippen LogP contribution in [0.5, 0.6) is 0 Å². The van der Waals surface area contributed by atoms with Gasteiger partial charge < -0.3 is 5.73 Å². The molecule has 0 saturated heterocycles. The molecule has 0 amide bonds. The van der Waals surface area contributed by atoms with E-state index in [4.69, 9.17) is 5.73 Å². The number of hydrogen-bond donors (Lipinski definition) is 1. The number of ketones is 1. The lowest BCUT2D eigenvalue weighted by molar-refractivity contribution is 0.101. The fourth-order valence-corrected chi connectivity index (χ4v) is 2.34. The number of aryl methyl sites for hydroxylation is 2. The van der Waals surface area contributed by atoms with Crippen LogP contribution in [0.4, 0.5) is 0 Å². The number of hydrogen-bond acceptors (Lipinski definition) is 2. The molecule has 0 aliphatic heterocycles. The average Bonchev–Trinajstić information content (AvgIpc) is 2.17. The monoisotopic (exact) mass is 239 g/mol. The van der Waals surface area contributed by atoms with Crippen LogP contribution in [0.3, 0.4) is 0 Å². The van der Waals surface area contributed by atoms with Crippen molar-refractivity contribution in [1.29, 1.82) is 0 Å². The Bertz CT molecular complexity index is 415. The van der Waals surface area contributed by atoms with Gasteiger partial charge in [0, 0.05) is 11.6 Å². The first-order valence-corrected chi connectivity index (χ1v) is 5.47. The van der Waals surface area contributed by atoms with Crippen LogP contribution < -0.4 is 5.73 Å². The van der Waals surface area contributed by atoms with E-state index in [0.29, 0.717) is 0 Å². The van der Waals surface area contributed by atoms with Crippen molar-refractivity contribution in [2.75, 3.05) is 0 Å². The molecular weight excluding hydrogens is 222 g/mol. The number of nitrogens with two attached hydrogens (primary N) is 1. The summed E-state index contributed by atoms with van der Waals surface area (Å²) >= 11 is 0. The summed E-state index contributed by atoms with van der Waals surface area (Å²) in [6.07, 6.45) is 3.03. The summed E-state index contributed by atoms with van der Waals surface area (Å²) in [4.78, 5) is 11.4. The van der Waals surface area contributed by atoms with Crippen molar-refractivity contribution in [1.82, 2.24) is 0 Å². The standard InChI is InChI=1S/C13H17NO.ClH/c1-8-5-10-3-4-12(14)6-11(10)7-13(8)9(2)15;/h5,7,12H,3-4,6,14H2,1-2H3;1H/t12-;/m0./s1. The molecule has 2 rings (SSSR count). The molecule has 0 heterocycles. The Kier molecular flexibility index (Phi) is 4.11. The van der Waals surface area contributed by atoms with Crippen molar-refractivity contribution in [3.05, 3.63) is 34.4 Å². The van der Waals surface area contributed by atoms with Gasteiger partial charge in [0.15, 0.2) is 5.78 Å². The minimum absolute atomic E-state index is 0. The van der Waals surface area contributed by atoms with Crippen LogP contribution in [0.2, 0.25) is 0 Å². The molecule has 0 aromatic heterocycles. The Hall–Kier alpha value is -0.860. The van der Waals surface area contributed by atoms with E-state index < -0.39 is 0 Å². The fraction of sp³-hybridized carbons (Fsp3) is 0.462. The summed E-state index contributed by atoms with van der Waals surface area (Å²) in [5, 5.41) is 0. The maximum absolute atomic E-state index is 11.4. The lowest BCUT2D eigenvalue weighted by Crippen LogP contribution is -2.28. The molecule has 1 aromatic rings. The first kappa shape index (κ1) is 13.2. The van der Waals surface area contributed by atoms with Crippen LogP contribution in [-0.4, -0.2) is 11.8 Å². The summed E-state index contributed by atoms with van der Waals surface area (Å²) in [6.45, 7) is 3.63. The van der Waals surface area contributed by atoms with Gasteiger partial charge in [-0.3, -0.25) is 4.79 Å². The number of benzene rings is 1. The average molecular weight is 240 g/mol. The zero-order chi connectivity index (χ0) is 11.0. The second-order valence-electron chi connectivity index (χ2n) is 4.49. The molecule has 0 spiro atoms. The van der Waals surface area contributed by atoms with Gasteiger partial charge in [0.05, 0.1) is 0 Å². The highest BCUT2D eigenvalue weighted by molar-refractivity contribution is 5.95. The van der Waals surface area contributed by atoms with Crippen LogP contribution in [-0.2, 0) is 12.8 Å². The molecule has 1 atom stereocenters. The molecule has 0 bridgehead atoms. The molecule has 1 aliphatic carbocycles. The molecule has 1 aliphatic rings. The lowest BCUT2D eigenvalue weighted by Gasteiger charge is -2.22. The van der Waals surface area contributed by atoms with E-state index in [0.717, 1.165) is 30.4 Å². The van der Waals surface area contributed by atoms with E-state index >= 15 is 0 Å². The van der Waals surface area contributed by atoms with Gasteiger partial charge in [-0.25, -0.2) is 0 Å². The third kappa shape index (κ3) is 2.45. The number of Topliss-reactive ketones (excluding diaryl/α,β-unsaturated/α-hetero) is 1. The van der Waals surface area contributed by atoms with Crippen molar-refractivity contribution in [3.63, 3.8) is 0 Å². The maximum atomic E-state index is 11.4. The highest BCUT2D eigenvalue weighted by Gasteiger charge is 2.17. The first-order chi connectivity index (χ1) is 7.08. The zero-order valence-electron chi connectivity index (χ0n) is 9.75. The Morgan fingerprint density at radius 3 is 2.69 bits per heavy atom. The minimum atomic E-state index is 0. The van der Waals surface area contributed by atoms with Gasteiger partial charge in [-0.1, -0.05) is 6.07 Å². The molecule has 2 N–H and O–H groups in total. The van der Waals surface area contributed by atoms with Crippen molar-refractivity contribution in [2.45, 2.75) is 39.2 Å². The van der Waals surface area contributed by atoms with Crippen LogP contribution in [0.15, 0.2) is 12.1 Å². The molecule has 16 heavy (non-hydrogen) atoms. The minimum Gasteiger partial charge on any atom is -0.327 e. The first-order valence-electron chi connectivity index (χ1n) is 5.47. The van der Waals surface area contributed by atoms with E-state index in [1.54, 1.807) is 6.92 Å². The molecule has 0 saturated carbocycles. The van der Waals surface area contributed by atoms with Crippen LogP contribution in [0.25, 0.3) is 0 Å². The van der Waals surface area contributed by atoms with Crippen LogP contribution in [0, 0.1) is 6.92 Å². The summed E-state index contributed by atoms with van der Waals surface area (Å²) in [5.74, 6) is 0.148. The molecular formula is C13H18ClNO. The molecule has 88 valence electrons. The SMILES string of the molecule is CC(=O)c1cc2c(cc1C)CC[C@H](N)C2.Cl. The molecule has 3 heteroatoms. The Balaban J connectivity index is 0.00000128. The van der Waals surface area contributed by atoms with Crippen molar-refractivity contribution in [2.24, 2.45) is 5.73 Å². The summed E-state index contributed by atoms with van der Waals surface area (Å²) in [6, 6.07) is 4.45. The third-order valence-corrected chi connectivity index (χ3v) is 3.19. The smallest absolute Gasteiger partial charge is 0.160 e. The zero-order valence-corrected chi connectivity index (χ0v) is 10.6. The number of carbonyl (C=O) groups excluding carboxylic acids is 1. The molecule has 2 nitrogen and oxygen atoms in total. The third-order valence-electron chi connectivity index (χ3n) is 3.19. The van der Waals surface area contributed by atoms with Gasteiger partial charge in [-0.15, -0.1) is 12.4 Å². The van der Waals surface area contributed by atoms with Gasteiger partial charge in [-0.05, 0) is 55.9 Å². The van der Waals surface area contributed by atoms with Gasteiger partial charge in [0.1, 0.15) is 0 Å². The van der Waals surface area contributed by atoms with E-state index in [2.05, 4.69) is 6.07 Å². The number of fused-ring (bicyclic) bond motifs is 1. The normalized spacial score (nSPS) is 18.6. The highest BCUT2D eigenvalue weighted by atomic mass is 35.5. The van der Waals surface area contributed by atoms with Crippen molar-refractivity contribution in [3.8, 4) is 0 Å². The summed E-state index contributed by atoms with van der Waals surface area (Å²) < 4.78 is 0. The predicted molar refractivity (Wildman–Crippen MR) is 68.4 cm³/mol. The quantitative estimate of drug-likeness (QED) is 0.765. The lowest BCUT2D eigenvalue weighted by atomic mass is 9.85. The van der Waals surface area contributed by atoms with Crippen molar-refractivity contribution >= 4 is 18.2 Å². The Morgan fingerprint density at radius 2 is 2.06 bits per heavy atom. The topological polar surface area (TPSA) is 43.1 Å². The Morgan fingerprint density at radius 1 is 1.38 bits per heavy atom. The fourth-order valence-electron chi connectivity index (χ4n) is 2.34. The van der Waals surface area contributed by atoms with Gasteiger partial charge in [0.2, 0.25) is 0 Å². The van der Waals surface area contributed by atoms with Gasteiger partial charge >= 0.3 is 0 Å². The number of carbonyl (C=O) groups is 1. The van der Waals surface area contributed by atoms with Crippen LogP contribution >= 0.6 is 12.4 Å². The second kappa shape index (κ2) is 4.98. The summed E-state index contributed by atoms with van der Waals surface area (Å²) in [7, 11) is 0. The summed E-state index contributed by atoms with van der Waals surface area (Å²) in [5.41, 5.74) is 10.5. The number of rotatable bonds is 1.